The average Bonchev–Trinajstić information content (AvgIpc) is 3.11. The Bertz CT molecular complexity index is 803. The molecule has 1 heterocycles. The van der Waals surface area contributed by atoms with Gasteiger partial charge >= 0.3 is 0 Å². The lowest BCUT2D eigenvalue weighted by Gasteiger charge is -2.23. The zero-order valence-electron chi connectivity index (χ0n) is 16.5. The lowest BCUT2D eigenvalue weighted by molar-refractivity contribution is -0.125. The largest absolute Gasteiger partial charge is 0.383 e. The van der Waals surface area contributed by atoms with Crippen LogP contribution in [-0.4, -0.2) is 49.7 Å². The van der Waals surface area contributed by atoms with Gasteiger partial charge in [-0.25, -0.2) is 4.39 Å². The van der Waals surface area contributed by atoms with Gasteiger partial charge in [0.05, 0.1) is 12.6 Å². The third-order valence-electron chi connectivity index (χ3n) is 5.09. The van der Waals surface area contributed by atoms with Crippen molar-refractivity contribution in [2.24, 2.45) is 0 Å². The maximum atomic E-state index is 13.4. The summed E-state index contributed by atoms with van der Waals surface area (Å²) in [7, 11) is 1.61. The maximum absolute atomic E-state index is 13.4. The van der Waals surface area contributed by atoms with Crippen molar-refractivity contribution < 1.29 is 13.9 Å². The minimum atomic E-state index is -0.240. The third kappa shape index (κ3) is 6.51. The highest BCUT2D eigenvalue weighted by Crippen LogP contribution is 2.22. The van der Waals surface area contributed by atoms with Crippen LogP contribution >= 0.6 is 11.6 Å². The van der Waals surface area contributed by atoms with Crippen LogP contribution in [0.4, 0.5) is 4.39 Å². The summed E-state index contributed by atoms with van der Waals surface area (Å²) >= 11 is 5.99. The second kappa shape index (κ2) is 10.7. The normalized spacial score (nSPS) is 19.4. The summed E-state index contributed by atoms with van der Waals surface area (Å²) < 4.78 is 18.4. The van der Waals surface area contributed by atoms with E-state index >= 15 is 0 Å². The van der Waals surface area contributed by atoms with Gasteiger partial charge in [-0.15, -0.1) is 0 Å². The number of methoxy groups -OCH3 is 1. The molecule has 1 aliphatic heterocycles. The van der Waals surface area contributed by atoms with E-state index < -0.39 is 0 Å². The van der Waals surface area contributed by atoms with Gasteiger partial charge in [-0.05, 0) is 41.8 Å². The van der Waals surface area contributed by atoms with Crippen molar-refractivity contribution in [2.75, 3.05) is 26.8 Å². The molecule has 0 unspecified atom stereocenters. The second-order valence-electron chi connectivity index (χ2n) is 7.30. The van der Waals surface area contributed by atoms with Crippen molar-refractivity contribution in [1.29, 1.82) is 0 Å². The summed E-state index contributed by atoms with van der Waals surface area (Å²) in [5.41, 5.74) is 2.00. The van der Waals surface area contributed by atoms with Crippen LogP contribution in [0.1, 0.15) is 17.5 Å². The van der Waals surface area contributed by atoms with Crippen molar-refractivity contribution >= 4 is 17.5 Å². The number of nitrogens with zero attached hydrogens (tertiary/aromatic N) is 1. The van der Waals surface area contributed by atoms with Crippen LogP contribution in [0.3, 0.4) is 0 Å². The Kier molecular flexibility index (Phi) is 8.00. The Morgan fingerprint density at radius 3 is 2.76 bits per heavy atom. The third-order valence-corrected chi connectivity index (χ3v) is 5.35. The smallest absolute Gasteiger partial charge is 0.237 e. The van der Waals surface area contributed by atoms with Crippen LogP contribution in [0.25, 0.3) is 0 Å². The summed E-state index contributed by atoms with van der Waals surface area (Å²) in [6.45, 7) is 2.94. The lowest BCUT2D eigenvalue weighted by atomic mass is 10.1. The molecule has 3 rings (SSSR count). The number of halogens is 2. The van der Waals surface area contributed by atoms with E-state index in [1.165, 1.54) is 12.1 Å². The predicted molar refractivity (Wildman–Crippen MR) is 112 cm³/mol. The van der Waals surface area contributed by atoms with Gasteiger partial charge in [-0.2, -0.15) is 0 Å². The second-order valence-corrected chi connectivity index (χ2v) is 7.74. The van der Waals surface area contributed by atoms with Crippen LogP contribution < -0.4 is 10.6 Å². The van der Waals surface area contributed by atoms with Gasteiger partial charge in [-0.3, -0.25) is 9.69 Å². The summed E-state index contributed by atoms with van der Waals surface area (Å²) in [5.74, 6) is -0.235. The number of hydrogen-bond acceptors (Lipinski definition) is 4. The minimum absolute atomic E-state index is 0.00562. The summed E-state index contributed by atoms with van der Waals surface area (Å²) in [6, 6.07) is 14.2. The first-order valence-corrected chi connectivity index (χ1v) is 10.2. The van der Waals surface area contributed by atoms with Gasteiger partial charge in [0.1, 0.15) is 5.82 Å². The van der Waals surface area contributed by atoms with E-state index in [-0.39, 0.29) is 23.8 Å². The van der Waals surface area contributed by atoms with E-state index in [4.69, 9.17) is 16.3 Å². The molecule has 0 spiro atoms. The van der Waals surface area contributed by atoms with Crippen LogP contribution in [0.15, 0.2) is 48.5 Å². The molecular weight excluding hydrogens is 393 g/mol. The minimum Gasteiger partial charge on any atom is -0.383 e. The fourth-order valence-electron chi connectivity index (χ4n) is 3.63. The molecule has 0 aliphatic carbocycles. The van der Waals surface area contributed by atoms with Crippen LogP contribution in [-0.2, 0) is 22.6 Å². The molecular formula is C22H27ClFN3O2. The summed E-state index contributed by atoms with van der Waals surface area (Å²) in [6.07, 6.45) is 0.696. The molecule has 7 heteroatoms. The number of carbonyl (C=O) groups is 1. The van der Waals surface area contributed by atoms with Gasteiger partial charge in [-0.1, -0.05) is 35.9 Å². The molecule has 29 heavy (non-hydrogen) atoms. The van der Waals surface area contributed by atoms with Crippen molar-refractivity contribution in [3.8, 4) is 0 Å². The zero-order valence-corrected chi connectivity index (χ0v) is 17.3. The Morgan fingerprint density at radius 1 is 1.24 bits per heavy atom. The number of hydrogen-bond donors (Lipinski definition) is 2. The SMILES string of the molecule is COCCNC(=O)[C@@H]1C[C@H](NCc2cccc(F)c2)CN1Cc1ccc(Cl)cc1. The number of nitrogens with one attached hydrogen (secondary N) is 2. The van der Waals surface area contributed by atoms with Crippen molar-refractivity contribution in [3.05, 3.63) is 70.5 Å². The van der Waals surface area contributed by atoms with Crippen molar-refractivity contribution in [1.82, 2.24) is 15.5 Å². The number of ether oxygens (including phenoxy) is 1. The molecule has 2 N–H and O–H groups in total. The Hall–Kier alpha value is -1.99. The quantitative estimate of drug-likeness (QED) is 0.613. The fourth-order valence-corrected chi connectivity index (χ4v) is 3.75. The van der Waals surface area contributed by atoms with E-state index in [0.717, 1.165) is 17.7 Å². The van der Waals surface area contributed by atoms with E-state index in [9.17, 15) is 9.18 Å². The summed E-state index contributed by atoms with van der Waals surface area (Å²) in [4.78, 5) is 14.9. The molecule has 0 bridgehead atoms. The van der Waals surface area contributed by atoms with E-state index in [1.54, 1.807) is 13.2 Å². The number of rotatable bonds is 9. The molecule has 2 atom stereocenters. The molecule has 0 saturated carbocycles. The maximum Gasteiger partial charge on any atom is 0.237 e. The number of amides is 1. The molecule has 0 radical (unpaired) electrons. The highest BCUT2D eigenvalue weighted by molar-refractivity contribution is 6.30. The fraction of sp³-hybridized carbons (Fsp3) is 0.409. The van der Waals surface area contributed by atoms with Crippen LogP contribution in [0.2, 0.25) is 5.02 Å². The summed E-state index contributed by atoms with van der Waals surface area (Å²) in [5, 5.41) is 7.11. The molecule has 2 aromatic rings. The highest BCUT2D eigenvalue weighted by atomic mass is 35.5. The standard InChI is InChI=1S/C22H27ClFN3O2/c1-29-10-9-25-22(28)21-12-20(26-13-17-3-2-4-19(24)11-17)15-27(21)14-16-5-7-18(23)8-6-16/h2-8,11,20-21,26H,9-10,12-15H2,1H3,(H,25,28)/t20-,21-/m0/s1. The van der Waals surface area contributed by atoms with Gasteiger partial charge in [0.15, 0.2) is 0 Å². The number of likely N-dealkylation sites (tertiary alicyclic amines) is 1. The van der Waals surface area contributed by atoms with E-state index in [2.05, 4.69) is 15.5 Å². The first-order chi connectivity index (χ1) is 14.0. The predicted octanol–water partition coefficient (Wildman–Crippen LogP) is 2.97. The Labute approximate surface area is 176 Å². The molecule has 1 fully saturated rings. The highest BCUT2D eigenvalue weighted by Gasteiger charge is 2.36. The van der Waals surface area contributed by atoms with E-state index in [1.807, 2.05) is 30.3 Å². The molecule has 5 nitrogen and oxygen atoms in total. The average molecular weight is 420 g/mol. The van der Waals surface area contributed by atoms with E-state index in [0.29, 0.717) is 37.7 Å². The van der Waals surface area contributed by atoms with Crippen molar-refractivity contribution in [3.63, 3.8) is 0 Å². The van der Waals surface area contributed by atoms with Crippen LogP contribution in [0, 0.1) is 5.82 Å². The van der Waals surface area contributed by atoms with Crippen molar-refractivity contribution in [2.45, 2.75) is 31.6 Å². The van der Waals surface area contributed by atoms with Crippen LogP contribution in [0.5, 0.6) is 0 Å². The Balaban J connectivity index is 1.63. The first kappa shape index (κ1) is 21.7. The van der Waals surface area contributed by atoms with Gasteiger partial charge in [0.25, 0.3) is 0 Å². The molecule has 1 saturated heterocycles. The van der Waals surface area contributed by atoms with Gasteiger partial charge < -0.3 is 15.4 Å². The monoisotopic (exact) mass is 419 g/mol. The number of benzene rings is 2. The first-order valence-electron chi connectivity index (χ1n) is 9.78. The van der Waals surface area contributed by atoms with Gasteiger partial charge in [0.2, 0.25) is 5.91 Å². The molecule has 2 aromatic carbocycles. The van der Waals surface area contributed by atoms with Gasteiger partial charge in [0, 0.05) is 44.4 Å². The lowest BCUT2D eigenvalue weighted by Crippen LogP contribution is -2.43. The Morgan fingerprint density at radius 2 is 2.03 bits per heavy atom. The molecule has 0 aromatic heterocycles. The molecule has 1 amide bonds. The molecule has 1 aliphatic rings. The molecule has 156 valence electrons. The zero-order chi connectivity index (χ0) is 20.6. The number of carbonyl (C=O) groups excluding carboxylic acids is 1. The topological polar surface area (TPSA) is 53.6 Å².